The number of halogens is 2. The van der Waals surface area contributed by atoms with Gasteiger partial charge in [-0.15, -0.1) is 11.6 Å². The molecular weight excluding hydrogens is 261 g/mol. The van der Waals surface area contributed by atoms with Gasteiger partial charge in [-0.1, -0.05) is 17.7 Å². The van der Waals surface area contributed by atoms with Crippen LogP contribution in [-0.2, 0) is 5.88 Å². The number of rotatable bonds is 2. The zero-order valence-corrected chi connectivity index (χ0v) is 11.4. The fraction of sp³-hybridized carbons (Fsp3) is 0.500. The number of nitrogens with zero attached hydrogens (tertiary/aromatic N) is 1. The van der Waals surface area contributed by atoms with Gasteiger partial charge in [0.2, 0.25) is 0 Å². The Morgan fingerprint density at radius 1 is 1.25 bits per heavy atom. The average Bonchev–Trinajstić information content (AvgIpc) is 2.57. The lowest BCUT2D eigenvalue weighted by Gasteiger charge is -2.25. The highest BCUT2D eigenvalue weighted by Gasteiger charge is 2.14. The molecule has 0 atom stereocenters. The molecule has 0 bridgehead atoms. The minimum absolute atomic E-state index is 0.485. The largest absolute Gasteiger partial charge is 0.370 e. The van der Waals surface area contributed by atoms with Crippen LogP contribution >= 0.6 is 35.0 Å². The van der Waals surface area contributed by atoms with Crippen LogP contribution in [0.5, 0.6) is 0 Å². The highest BCUT2D eigenvalue weighted by atomic mass is 35.5. The lowest BCUT2D eigenvalue weighted by Crippen LogP contribution is -2.26. The van der Waals surface area contributed by atoms with Gasteiger partial charge in [0.15, 0.2) is 0 Å². The summed E-state index contributed by atoms with van der Waals surface area (Å²) in [6.45, 7) is 2.20. The van der Waals surface area contributed by atoms with Crippen molar-refractivity contribution in [3.05, 3.63) is 28.8 Å². The van der Waals surface area contributed by atoms with Crippen LogP contribution in [0.1, 0.15) is 12.0 Å². The molecule has 0 radical (unpaired) electrons. The SMILES string of the molecule is ClCc1c(Cl)cccc1N1CCCSCC1. The Morgan fingerprint density at radius 2 is 2.12 bits per heavy atom. The van der Waals surface area contributed by atoms with Gasteiger partial charge in [0.25, 0.3) is 0 Å². The van der Waals surface area contributed by atoms with Crippen LogP contribution in [0, 0.1) is 0 Å². The molecule has 0 saturated carbocycles. The summed E-state index contributed by atoms with van der Waals surface area (Å²) in [4.78, 5) is 2.41. The number of thioether (sulfide) groups is 1. The van der Waals surface area contributed by atoms with Crippen molar-refractivity contribution in [2.45, 2.75) is 12.3 Å². The van der Waals surface area contributed by atoms with E-state index in [1.807, 2.05) is 23.9 Å². The Labute approximate surface area is 111 Å². The van der Waals surface area contributed by atoms with Crippen LogP contribution < -0.4 is 4.90 Å². The fourth-order valence-corrected chi connectivity index (χ4v) is 3.44. The molecule has 1 heterocycles. The Bertz CT molecular complexity index is 349. The van der Waals surface area contributed by atoms with E-state index >= 15 is 0 Å². The first kappa shape index (κ1) is 12.4. The molecule has 88 valence electrons. The van der Waals surface area contributed by atoms with E-state index in [4.69, 9.17) is 23.2 Å². The third-order valence-electron chi connectivity index (χ3n) is 2.79. The second kappa shape index (κ2) is 6.04. The monoisotopic (exact) mass is 275 g/mol. The molecule has 16 heavy (non-hydrogen) atoms. The van der Waals surface area contributed by atoms with Crippen LogP contribution in [0.15, 0.2) is 18.2 Å². The molecule has 0 amide bonds. The van der Waals surface area contributed by atoms with Gasteiger partial charge in [-0.25, -0.2) is 0 Å². The van der Waals surface area contributed by atoms with Crippen molar-refractivity contribution in [1.82, 2.24) is 0 Å². The highest BCUT2D eigenvalue weighted by molar-refractivity contribution is 7.99. The Hall–Kier alpha value is -0.0500. The summed E-state index contributed by atoms with van der Waals surface area (Å²) in [7, 11) is 0. The van der Waals surface area contributed by atoms with E-state index in [9.17, 15) is 0 Å². The van der Waals surface area contributed by atoms with E-state index in [2.05, 4.69) is 11.0 Å². The summed E-state index contributed by atoms with van der Waals surface area (Å²) in [6.07, 6.45) is 1.24. The van der Waals surface area contributed by atoms with Gasteiger partial charge in [-0.3, -0.25) is 0 Å². The quantitative estimate of drug-likeness (QED) is 0.750. The topological polar surface area (TPSA) is 3.24 Å². The molecule has 1 aliphatic heterocycles. The molecule has 0 N–H and O–H groups in total. The number of hydrogen-bond donors (Lipinski definition) is 0. The van der Waals surface area contributed by atoms with Crippen molar-refractivity contribution < 1.29 is 0 Å². The van der Waals surface area contributed by atoms with E-state index in [0.29, 0.717) is 5.88 Å². The van der Waals surface area contributed by atoms with Crippen molar-refractivity contribution in [2.24, 2.45) is 0 Å². The number of alkyl halides is 1. The van der Waals surface area contributed by atoms with Crippen LogP contribution in [0.2, 0.25) is 5.02 Å². The van der Waals surface area contributed by atoms with Gasteiger partial charge in [-0.2, -0.15) is 11.8 Å². The van der Waals surface area contributed by atoms with E-state index in [1.165, 1.54) is 23.6 Å². The smallest absolute Gasteiger partial charge is 0.0509 e. The van der Waals surface area contributed by atoms with E-state index in [0.717, 1.165) is 23.7 Å². The van der Waals surface area contributed by atoms with Crippen molar-refractivity contribution >= 4 is 40.7 Å². The first-order valence-electron chi connectivity index (χ1n) is 5.49. The predicted molar refractivity (Wildman–Crippen MR) is 75.2 cm³/mol. The molecule has 1 nitrogen and oxygen atoms in total. The maximum Gasteiger partial charge on any atom is 0.0509 e. The molecule has 2 rings (SSSR count). The van der Waals surface area contributed by atoms with E-state index < -0.39 is 0 Å². The summed E-state index contributed by atoms with van der Waals surface area (Å²) in [5.74, 6) is 2.93. The number of anilines is 1. The zero-order valence-electron chi connectivity index (χ0n) is 9.09. The molecular formula is C12H15Cl2NS. The van der Waals surface area contributed by atoms with Gasteiger partial charge < -0.3 is 4.90 Å². The predicted octanol–water partition coefficient (Wildman–Crippen LogP) is 4.02. The molecule has 0 spiro atoms. The molecule has 1 fully saturated rings. The Morgan fingerprint density at radius 3 is 2.94 bits per heavy atom. The highest BCUT2D eigenvalue weighted by Crippen LogP contribution is 2.30. The van der Waals surface area contributed by atoms with Crippen LogP contribution in [-0.4, -0.2) is 24.6 Å². The Balaban J connectivity index is 2.27. The van der Waals surface area contributed by atoms with Gasteiger partial charge >= 0.3 is 0 Å². The average molecular weight is 276 g/mol. The van der Waals surface area contributed by atoms with Crippen molar-refractivity contribution in [3.63, 3.8) is 0 Å². The third kappa shape index (κ3) is 2.79. The first-order valence-corrected chi connectivity index (χ1v) is 7.55. The standard InChI is InChI=1S/C12H15Cl2NS/c13-9-10-11(14)3-1-4-12(10)15-5-2-7-16-8-6-15/h1,3-4H,2,5-9H2. The second-order valence-electron chi connectivity index (χ2n) is 3.82. The van der Waals surface area contributed by atoms with E-state index in [1.54, 1.807) is 0 Å². The lowest BCUT2D eigenvalue weighted by atomic mass is 10.1. The van der Waals surface area contributed by atoms with Gasteiger partial charge in [0, 0.05) is 35.1 Å². The number of hydrogen-bond acceptors (Lipinski definition) is 2. The Kier molecular flexibility index (Phi) is 4.68. The molecule has 1 aromatic rings. The van der Waals surface area contributed by atoms with Gasteiger partial charge in [0.1, 0.15) is 0 Å². The fourth-order valence-electron chi connectivity index (χ4n) is 1.96. The molecule has 1 saturated heterocycles. The first-order chi connectivity index (χ1) is 7.83. The van der Waals surface area contributed by atoms with Gasteiger partial charge in [-0.05, 0) is 24.3 Å². The normalized spacial score (nSPS) is 17.2. The van der Waals surface area contributed by atoms with Crippen LogP contribution in [0.25, 0.3) is 0 Å². The minimum atomic E-state index is 0.485. The second-order valence-corrected chi connectivity index (χ2v) is 5.72. The summed E-state index contributed by atoms with van der Waals surface area (Å²) >= 11 is 14.2. The molecule has 0 aromatic heterocycles. The molecule has 1 aromatic carbocycles. The molecule has 4 heteroatoms. The summed E-state index contributed by atoms with van der Waals surface area (Å²) in [6, 6.07) is 6.04. The van der Waals surface area contributed by atoms with Crippen LogP contribution in [0.3, 0.4) is 0 Å². The number of benzene rings is 1. The van der Waals surface area contributed by atoms with Gasteiger partial charge in [0.05, 0.1) is 5.88 Å². The summed E-state index contributed by atoms with van der Waals surface area (Å²) in [5.41, 5.74) is 2.28. The maximum atomic E-state index is 6.17. The maximum absolute atomic E-state index is 6.17. The van der Waals surface area contributed by atoms with Crippen molar-refractivity contribution in [2.75, 3.05) is 29.5 Å². The molecule has 0 aliphatic carbocycles. The third-order valence-corrected chi connectivity index (χ3v) is 4.46. The van der Waals surface area contributed by atoms with Crippen LogP contribution in [0.4, 0.5) is 5.69 Å². The minimum Gasteiger partial charge on any atom is -0.370 e. The van der Waals surface area contributed by atoms with E-state index in [-0.39, 0.29) is 0 Å². The summed E-state index contributed by atoms with van der Waals surface area (Å²) in [5, 5.41) is 0.782. The zero-order chi connectivity index (χ0) is 11.4. The summed E-state index contributed by atoms with van der Waals surface area (Å²) < 4.78 is 0. The van der Waals surface area contributed by atoms with Crippen molar-refractivity contribution in [1.29, 1.82) is 0 Å². The lowest BCUT2D eigenvalue weighted by molar-refractivity contribution is 0.812. The molecule has 1 aliphatic rings. The van der Waals surface area contributed by atoms with Crippen molar-refractivity contribution in [3.8, 4) is 0 Å². The molecule has 0 unspecified atom stereocenters.